The molecule has 110 valence electrons. The minimum Gasteiger partial charge on any atom is -0.486 e. The number of carbonyl (C=O) groups is 2. The number of carbonyl (C=O) groups excluding carboxylic acids is 1. The van der Waals surface area contributed by atoms with Gasteiger partial charge in [-0.1, -0.05) is 13.3 Å². The lowest BCUT2D eigenvalue weighted by molar-refractivity contribution is 0.0475. The van der Waals surface area contributed by atoms with Gasteiger partial charge in [-0.05, 0) is 13.3 Å². The van der Waals surface area contributed by atoms with Crippen molar-refractivity contribution in [2.45, 2.75) is 26.7 Å². The standard InChI is InChI=1S/C13H16O7/c1-3-5-6-19-10-9(14)8(12(15)16)7-20-11(10)13(17)18-4-2/h7H,3-6H2,1-2H3,(H,15,16). The average Bonchev–Trinajstić information content (AvgIpc) is 2.40. The second kappa shape index (κ2) is 7.32. The van der Waals surface area contributed by atoms with E-state index in [0.29, 0.717) is 12.7 Å². The summed E-state index contributed by atoms with van der Waals surface area (Å²) >= 11 is 0. The molecule has 1 heterocycles. The summed E-state index contributed by atoms with van der Waals surface area (Å²) in [4.78, 5) is 34.5. The highest BCUT2D eigenvalue weighted by Gasteiger charge is 2.25. The van der Waals surface area contributed by atoms with Crippen LogP contribution >= 0.6 is 0 Å². The Morgan fingerprint density at radius 1 is 1.35 bits per heavy atom. The lowest BCUT2D eigenvalue weighted by Gasteiger charge is -2.09. The Kier molecular flexibility index (Phi) is 5.76. The third kappa shape index (κ3) is 3.59. The Morgan fingerprint density at radius 3 is 2.60 bits per heavy atom. The molecule has 0 unspecified atom stereocenters. The molecule has 0 aliphatic carbocycles. The molecule has 0 saturated carbocycles. The smallest absolute Gasteiger partial charge is 0.378 e. The van der Waals surface area contributed by atoms with E-state index in [0.717, 1.165) is 6.42 Å². The first-order chi connectivity index (χ1) is 9.52. The van der Waals surface area contributed by atoms with Gasteiger partial charge in [-0.15, -0.1) is 0 Å². The van der Waals surface area contributed by atoms with Crippen molar-refractivity contribution in [3.8, 4) is 5.75 Å². The molecular formula is C13H16O7. The van der Waals surface area contributed by atoms with Crippen LogP contribution in [0.4, 0.5) is 0 Å². The molecule has 1 aromatic heterocycles. The van der Waals surface area contributed by atoms with Crippen LogP contribution in [0, 0.1) is 0 Å². The Labute approximate surface area is 115 Å². The van der Waals surface area contributed by atoms with Gasteiger partial charge in [0.05, 0.1) is 13.2 Å². The maximum atomic E-state index is 12.0. The van der Waals surface area contributed by atoms with Crippen LogP contribution in [0.5, 0.6) is 5.75 Å². The minimum absolute atomic E-state index is 0.0949. The summed E-state index contributed by atoms with van der Waals surface area (Å²) in [5, 5.41) is 8.86. The summed E-state index contributed by atoms with van der Waals surface area (Å²) in [5.74, 6) is -3.16. The van der Waals surface area contributed by atoms with Gasteiger partial charge < -0.3 is 19.0 Å². The molecule has 1 aromatic rings. The maximum Gasteiger partial charge on any atom is 0.378 e. The van der Waals surface area contributed by atoms with E-state index in [2.05, 4.69) is 0 Å². The van der Waals surface area contributed by atoms with Crippen LogP contribution < -0.4 is 10.2 Å². The molecule has 0 radical (unpaired) electrons. The fourth-order valence-electron chi connectivity index (χ4n) is 1.38. The molecule has 1 N–H and O–H groups in total. The third-order valence-corrected chi connectivity index (χ3v) is 2.39. The summed E-state index contributed by atoms with van der Waals surface area (Å²) in [5.41, 5.74) is -1.49. The third-order valence-electron chi connectivity index (χ3n) is 2.39. The van der Waals surface area contributed by atoms with Gasteiger partial charge in [0.15, 0.2) is 0 Å². The van der Waals surface area contributed by atoms with Gasteiger partial charge in [0, 0.05) is 0 Å². The quantitative estimate of drug-likeness (QED) is 0.600. The number of esters is 1. The van der Waals surface area contributed by atoms with Crippen LogP contribution in [-0.4, -0.2) is 30.3 Å². The maximum absolute atomic E-state index is 12.0. The summed E-state index contributed by atoms with van der Waals surface area (Å²) in [7, 11) is 0. The number of rotatable bonds is 7. The van der Waals surface area contributed by atoms with E-state index in [1.54, 1.807) is 6.92 Å². The van der Waals surface area contributed by atoms with Crippen molar-refractivity contribution >= 4 is 11.9 Å². The van der Waals surface area contributed by atoms with Crippen molar-refractivity contribution in [1.29, 1.82) is 0 Å². The van der Waals surface area contributed by atoms with Crippen LogP contribution in [0.1, 0.15) is 47.6 Å². The van der Waals surface area contributed by atoms with Crippen molar-refractivity contribution in [2.24, 2.45) is 0 Å². The molecule has 7 heteroatoms. The van der Waals surface area contributed by atoms with Gasteiger partial charge >= 0.3 is 11.9 Å². The molecule has 1 rings (SSSR count). The number of carboxylic acid groups (broad SMARTS) is 1. The Hall–Kier alpha value is -2.31. The van der Waals surface area contributed by atoms with Gasteiger partial charge in [-0.25, -0.2) is 9.59 Å². The predicted molar refractivity (Wildman–Crippen MR) is 68.3 cm³/mol. The van der Waals surface area contributed by atoms with E-state index in [1.165, 1.54) is 0 Å². The van der Waals surface area contributed by atoms with Crippen LogP contribution in [-0.2, 0) is 4.74 Å². The van der Waals surface area contributed by atoms with E-state index < -0.39 is 34.4 Å². The SMILES string of the molecule is CCCCOc1c(C(=O)OCC)occ(C(=O)O)c1=O. The first-order valence-corrected chi connectivity index (χ1v) is 6.21. The summed E-state index contributed by atoms with van der Waals surface area (Å²) in [6.07, 6.45) is 2.18. The van der Waals surface area contributed by atoms with Gasteiger partial charge in [-0.2, -0.15) is 0 Å². The number of aromatic carboxylic acids is 1. The monoisotopic (exact) mass is 284 g/mol. The molecule has 20 heavy (non-hydrogen) atoms. The zero-order valence-electron chi connectivity index (χ0n) is 11.3. The van der Waals surface area contributed by atoms with Crippen LogP contribution in [0.15, 0.2) is 15.5 Å². The fourth-order valence-corrected chi connectivity index (χ4v) is 1.38. The second-order valence-corrected chi connectivity index (χ2v) is 3.86. The van der Waals surface area contributed by atoms with E-state index in [9.17, 15) is 14.4 Å². The van der Waals surface area contributed by atoms with Crippen molar-refractivity contribution in [3.63, 3.8) is 0 Å². The highest BCUT2D eigenvalue weighted by molar-refractivity contribution is 5.92. The van der Waals surface area contributed by atoms with Crippen molar-refractivity contribution in [2.75, 3.05) is 13.2 Å². The summed E-state index contributed by atoms with van der Waals surface area (Å²) < 4.78 is 14.8. The van der Waals surface area contributed by atoms with E-state index in [4.69, 9.17) is 19.0 Å². The summed E-state index contributed by atoms with van der Waals surface area (Å²) in [6, 6.07) is 0. The normalized spacial score (nSPS) is 10.1. The molecule has 0 aliphatic heterocycles. The molecule has 0 atom stereocenters. The van der Waals surface area contributed by atoms with Crippen molar-refractivity contribution < 1.29 is 28.6 Å². The highest BCUT2D eigenvalue weighted by Crippen LogP contribution is 2.17. The Morgan fingerprint density at radius 2 is 2.05 bits per heavy atom. The zero-order chi connectivity index (χ0) is 15.1. The Balaban J connectivity index is 3.22. The van der Waals surface area contributed by atoms with Crippen molar-refractivity contribution in [3.05, 3.63) is 27.8 Å². The second-order valence-electron chi connectivity index (χ2n) is 3.86. The van der Waals surface area contributed by atoms with Crippen LogP contribution in [0.3, 0.4) is 0 Å². The van der Waals surface area contributed by atoms with E-state index >= 15 is 0 Å². The molecule has 7 nitrogen and oxygen atoms in total. The molecule has 0 saturated heterocycles. The van der Waals surface area contributed by atoms with Gasteiger partial charge in [0.1, 0.15) is 11.8 Å². The number of hydrogen-bond donors (Lipinski definition) is 1. The fraction of sp³-hybridized carbons (Fsp3) is 0.462. The number of ether oxygens (including phenoxy) is 2. The molecule has 0 amide bonds. The topological polar surface area (TPSA) is 103 Å². The average molecular weight is 284 g/mol. The molecule has 0 spiro atoms. The molecule has 0 fully saturated rings. The highest BCUT2D eigenvalue weighted by atomic mass is 16.6. The van der Waals surface area contributed by atoms with Crippen molar-refractivity contribution in [1.82, 2.24) is 0 Å². The van der Waals surface area contributed by atoms with Crippen LogP contribution in [0.25, 0.3) is 0 Å². The zero-order valence-corrected chi connectivity index (χ0v) is 11.3. The number of hydrogen-bond acceptors (Lipinski definition) is 6. The summed E-state index contributed by atoms with van der Waals surface area (Å²) in [6.45, 7) is 3.79. The largest absolute Gasteiger partial charge is 0.486 e. The van der Waals surface area contributed by atoms with Gasteiger partial charge in [0.25, 0.3) is 5.76 Å². The minimum atomic E-state index is -1.45. The van der Waals surface area contributed by atoms with Gasteiger partial charge in [0.2, 0.25) is 11.2 Å². The number of carboxylic acids is 1. The first-order valence-electron chi connectivity index (χ1n) is 6.21. The van der Waals surface area contributed by atoms with Gasteiger partial charge in [-0.3, -0.25) is 4.79 Å². The lowest BCUT2D eigenvalue weighted by Crippen LogP contribution is -2.21. The first kappa shape index (κ1) is 15.7. The molecule has 0 aliphatic rings. The molecule has 0 aromatic carbocycles. The Bertz CT molecular complexity index is 544. The lowest BCUT2D eigenvalue weighted by atomic mass is 10.2. The van der Waals surface area contributed by atoms with E-state index in [1.807, 2.05) is 6.92 Å². The molecular weight excluding hydrogens is 268 g/mol. The predicted octanol–water partition coefficient (Wildman–Crippen LogP) is 1.69. The van der Waals surface area contributed by atoms with Crippen LogP contribution in [0.2, 0.25) is 0 Å². The van der Waals surface area contributed by atoms with E-state index in [-0.39, 0.29) is 13.2 Å². The molecule has 0 bridgehead atoms. The number of unbranched alkanes of at least 4 members (excludes halogenated alkanes) is 1.